The van der Waals surface area contributed by atoms with Gasteiger partial charge in [0.25, 0.3) is 0 Å². The molecule has 1 N–H and O–H groups in total. The standard InChI is InChI=1S/C16H12BrClFNO/c17-13-6-10(19)7-14(18)15(13)20-16(21)12-8-11(12)9-4-2-1-3-5-9/h1-7,11-12H,8H2,(H,20,21). The van der Waals surface area contributed by atoms with E-state index in [9.17, 15) is 9.18 Å². The molecule has 1 fully saturated rings. The average Bonchev–Trinajstić information content (AvgIpc) is 3.24. The van der Waals surface area contributed by atoms with E-state index in [4.69, 9.17) is 11.6 Å². The van der Waals surface area contributed by atoms with Crippen LogP contribution in [0.3, 0.4) is 0 Å². The number of nitrogens with one attached hydrogen (secondary N) is 1. The van der Waals surface area contributed by atoms with Gasteiger partial charge >= 0.3 is 0 Å². The van der Waals surface area contributed by atoms with Crippen LogP contribution in [0.25, 0.3) is 0 Å². The Bertz CT molecular complexity index is 669. The SMILES string of the molecule is O=C(Nc1c(Cl)cc(F)cc1Br)C1CC1c1ccccc1. The third-order valence-corrected chi connectivity index (χ3v) is 4.53. The van der Waals surface area contributed by atoms with E-state index in [2.05, 4.69) is 21.2 Å². The van der Waals surface area contributed by atoms with Gasteiger partial charge in [0.15, 0.2) is 0 Å². The number of hydrogen-bond acceptors (Lipinski definition) is 1. The monoisotopic (exact) mass is 367 g/mol. The molecular weight excluding hydrogens is 357 g/mol. The van der Waals surface area contributed by atoms with Crippen LogP contribution in [-0.4, -0.2) is 5.91 Å². The van der Waals surface area contributed by atoms with Gasteiger partial charge in [-0.05, 0) is 46.0 Å². The van der Waals surface area contributed by atoms with Crippen molar-refractivity contribution >= 4 is 39.1 Å². The fraction of sp³-hybridized carbons (Fsp3) is 0.188. The molecule has 0 aromatic heterocycles. The summed E-state index contributed by atoms with van der Waals surface area (Å²) in [5.41, 5.74) is 1.59. The number of hydrogen-bond donors (Lipinski definition) is 1. The third-order valence-electron chi connectivity index (χ3n) is 3.61. The van der Waals surface area contributed by atoms with Crippen molar-refractivity contribution in [3.05, 3.63) is 63.3 Å². The second-order valence-electron chi connectivity index (χ2n) is 5.09. The van der Waals surface area contributed by atoms with Crippen molar-refractivity contribution in [1.29, 1.82) is 0 Å². The summed E-state index contributed by atoms with van der Waals surface area (Å²) in [4.78, 5) is 12.3. The van der Waals surface area contributed by atoms with Crippen molar-refractivity contribution in [3.63, 3.8) is 0 Å². The highest BCUT2D eigenvalue weighted by atomic mass is 79.9. The number of carbonyl (C=O) groups excluding carboxylic acids is 1. The van der Waals surface area contributed by atoms with Gasteiger partial charge in [-0.1, -0.05) is 41.9 Å². The first-order valence-electron chi connectivity index (χ1n) is 6.56. The van der Waals surface area contributed by atoms with Crippen molar-refractivity contribution in [1.82, 2.24) is 0 Å². The Morgan fingerprint density at radius 3 is 2.67 bits per heavy atom. The predicted octanol–water partition coefficient (Wildman–Crippen LogP) is 4.98. The maximum atomic E-state index is 13.2. The van der Waals surface area contributed by atoms with E-state index < -0.39 is 5.82 Å². The Hall–Kier alpha value is -1.39. The number of rotatable bonds is 3. The molecule has 0 heterocycles. The Balaban J connectivity index is 1.72. The van der Waals surface area contributed by atoms with Gasteiger partial charge in [0.1, 0.15) is 5.82 Å². The topological polar surface area (TPSA) is 29.1 Å². The van der Waals surface area contributed by atoms with Crippen LogP contribution in [-0.2, 0) is 4.79 Å². The van der Waals surface area contributed by atoms with E-state index in [0.717, 1.165) is 6.42 Å². The molecule has 3 rings (SSSR count). The van der Waals surface area contributed by atoms with E-state index >= 15 is 0 Å². The molecule has 5 heteroatoms. The van der Waals surface area contributed by atoms with Crippen LogP contribution >= 0.6 is 27.5 Å². The molecular formula is C16H12BrClFNO. The summed E-state index contributed by atoms with van der Waals surface area (Å²) in [6, 6.07) is 12.4. The highest BCUT2D eigenvalue weighted by Gasteiger charge is 2.44. The molecule has 0 bridgehead atoms. The lowest BCUT2D eigenvalue weighted by Crippen LogP contribution is -2.15. The van der Waals surface area contributed by atoms with Crippen molar-refractivity contribution in [2.24, 2.45) is 5.92 Å². The normalized spacial score (nSPS) is 20.1. The van der Waals surface area contributed by atoms with Crippen LogP contribution in [0.2, 0.25) is 5.02 Å². The molecule has 21 heavy (non-hydrogen) atoms. The second kappa shape index (κ2) is 5.78. The first-order valence-corrected chi connectivity index (χ1v) is 7.73. The molecule has 0 aliphatic heterocycles. The lowest BCUT2D eigenvalue weighted by atomic mass is 10.1. The van der Waals surface area contributed by atoms with Crippen LogP contribution in [0.5, 0.6) is 0 Å². The highest BCUT2D eigenvalue weighted by molar-refractivity contribution is 9.10. The summed E-state index contributed by atoms with van der Waals surface area (Å²) in [5, 5.41) is 2.97. The number of carbonyl (C=O) groups is 1. The van der Waals surface area contributed by atoms with Gasteiger partial charge in [-0.25, -0.2) is 4.39 Å². The average molecular weight is 369 g/mol. The number of amides is 1. The summed E-state index contributed by atoms with van der Waals surface area (Å²) in [7, 11) is 0. The fourth-order valence-electron chi connectivity index (χ4n) is 2.43. The summed E-state index contributed by atoms with van der Waals surface area (Å²) < 4.78 is 13.6. The van der Waals surface area contributed by atoms with Crippen molar-refractivity contribution in [3.8, 4) is 0 Å². The smallest absolute Gasteiger partial charge is 0.228 e. The third kappa shape index (κ3) is 3.11. The minimum atomic E-state index is -0.446. The fourth-order valence-corrected chi connectivity index (χ4v) is 3.33. The van der Waals surface area contributed by atoms with Gasteiger partial charge in [-0.2, -0.15) is 0 Å². The minimum Gasteiger partial charge on any atom is -0.324 e. The van der Waals surface area contributed by atoms with Gasteiger partial charge in [-0.3, -0.25) is 4.79 Å². The first kappa shape index (κ1) is 14.5. The highest BCUT2D eigenvalue weighted by Crippen LogP contribution is 2.48. The van der Waals surface area contributed by atoms with E-state index in [1.165, 1.54) is 17.7 Å². The molecule has 108 valence electrons. The zero-order valence-corrected chi connectivity index (χ0v) is 13.3. The molecule has 2 unspecified atom stereocenters. The quantitative estimate of drug-likeness (QED) is 0.813. The van der Waals surface area contributed by atoms with Crippen molar-refractivity contribution in [2.45, 2.75) is 12.3 Å². The number of halogens is 3. The molecule has 1 aliphatic rings. The molecule has 2 aromatic rings. The molecule has 1 amide bonds. The van der Waals surface area contributed by atoms with Crippen LogP contribution in [0.1, 0.15) is 17.9 Å². The molecule has 0 saturated heterocycles. The maximum absolute atomic E-state index is 13.2. The lowest BCUT2D eigenvalue weighted by Gasteiger charge is -2.09. The van der Waals surface area contributed by atoms with Gasteiger partial charge in [0, 0.05) is 10.4 Å². The number of benzene rings is 2. The molecule has 0 spiro atoms. The van der Waals surface area contributed by atoms with Crippen LogP contribution in [0, 0.1) is 11.7 Å². The molecule has 0 radical (unpaired) electrons. The Labute approximate surface area is 135 Å². The largest absolute Gasteiger partial charge is 0.324 e. The Kier molecular flexibility index (Phi) is 4.00. The molecule has 1 saturated carbocycles. The molecule has 2 atom stereocenters. The van der Waals surface area contributed by atoms with Crippen molar-refractivity contribution < 1.29 is 9.18 Å². The molecule has 1 aliphatic carbocycles. The summed E-state index contributed by atoms with van der Waals surface area (Å²) in [6.07, 6.45) is 0.826. The van der Waals surface area contributed by atoms with E-state index in [0.29, 0.717) is 10.2 Å². The zero-order chi connectivity index (χ0) is 15.0. The van der Waals surface area contributed by atoms with Gasteiger partial charge < -0.3 is 5.32 Å². The summed E-state index contributed by atoms with van der Waals surface area (Å²) in [6.45, 7) is 0. The van der Waals surface area contributed by atoms with E-state index in [1.54, 1.807) is 0 Å². The minimum absolute atomic E-state index is 0.0552. The van der Waals surface area contributed by atoms with Gasteiger partial charge in [0.05, 0.1) is 10.7 Å². The Morgan fingerprint density at radius 2 is 2.00 bits per heavy atom. The zero-order valence-electron chi connectivity index (χ0n) is 10.9. The molecule has 2 aromatic carbocycles. The summed E-state index contributed by atoms with van der Waals surface area (Å²) >= 11 is 9.19. The van der Waals surface area contributed by atoms with Crippen LogP contribution in [0.15, 0.2) is 46.9 Å². The lowest BCUT2D eigenvalue weighted by molar-refractivity contribution is -0.117. The van der Waals surface area contributed by atoms with Crippen LogP contribution < -0.4 is 5.32 Å². The second-order valence-corrected chi connectivity index (χ2v) is 6.35. The van der Waals surface area contributed by atoms with Gasteiger partial charge in [-0.15, -0.1) is 0 Å². The summed E-state index contributed by atoms with van der Waals surface area (Å²) in [5.74, 6) is -0.332. The first-order chi connectivity index (χ1) is 10.1. The van der Waals surface area contributed by atoms with Gasteiger partial charge in [0.2, 0.25) is 5.91 Å². The van der Waals surface area contributed by atoms with E-state index in [1.807, 2.05) is 30.3 Å². The van der Waals surface area contributed by atoms with Crippen LogP contribution in [0.4, 0.5) is 10.1 Å². The maximum Gasteiger partial charge on any atom is 0.228 e. The number of anilines is 1. The van der Waals surface area contributed by atoms with E-state index in [-0.39, 0.29) is 22.8 Å². The Morgan fingerprint density at radius 1 is 1.29 bits per heavy atom. The predicted molar refractivity (Wildman–Crippen MR) is 85.0 cm³/mol. The van der Waals surface area contributed by atoms with Crippen molar-refractivity contribution in [2.75, 3.05) is 5.32 Å². The molecule has 2 nitrogen and oxygen atoms in total.